The molecule has 33 heavy (non-hydrogen) atoms. The van der Waals surface area contributed by atoms with Gasteiger partial charge in [0.1, 0.15) is 5.00 Å². The van der Waals surface area contributed by atoms with Crippen LogP contribution in [0.5, 0.6) is 0 Å². The zero-order valence-corrected chi connectivity index (χ0v) is 19.3. The van der Waals surface area contributed by atoms with Crippen LogP contribution < -0.4 is 10.6 Å². The smallest absolute Gasteiger partial charge is 0.341 e. The second-order valence-corrected chi connectivity index (χ2v) is 8.03. The molecule has 0 aliphatic rings. The summed E-state index contributed by atoms with van der Waals surface area (Å²) in [6.45, 7) is 3.39. The van der Waals surface area contributed by atoms with Crippen LogP contribution in [-0.2, 0) is 9.47 Å². The van der Waals surface area contributed by atoms with E-state index < -0.39 is 23.8 Å². The van der Waals surface area contributed by atoms with E-state index in [1.165, 1.54) is 20.3 Å². The van der Waals surface area contributed by atoms with Crippen LogP contribution >= 0.6 is 11.3 Å². The van der Waals surface area contributed by atoms with Crippen LogP contribution in [0, 0.1) is 13.8 Å². The summed E-state index contributed by atoms with van der Waals surface area (Å²) in [6, 6.07) is 13.4. The van der Waals surface area contributed by atoms with Gasteiger partial charge in [0, 0.05) is 5.56 Å². The van der Waals surface area contributed by atoms with E-state index in [1.54, 1.807) is 50.2 Å². The largest absolute Gasteiger partial charge is 0.465 e. The number of ether oxygens (including phenoxy) is 2. The lowest BCUT2D eigenvalue weighted by Gasteiger charge is -2.09. The van der Waals surface area contributed by atoms with Crippen molar-refractivity contribution < 1.29 is 28.7 Å². The highest BCUT2D eigenvalue weighted by atomic mass is 32.1. The van der Waals surface area contributed by atoms with E-state index in [9.17, 15) is 19.2 Å². The van der Waals surface area contributed by atoms with Gasteiger partial charge in [0.25, 0.3) is 11.8 Å². The fourth-order valence-corrected chi connectivity index (χ4v) is 4.31. The van der Waals surface area contributed by atoms with Crippen molar-refractivity contribution in [1.29, 1.82) is 0 Å². The molecule has 2 N–H and O–H groups in total. The van der Waals surface area contributed by atoms with Crippen LogP contribution in [-0.4, -0.2) is 38.0 Å². The third-order valence-corrected chi connectivity index (χ3v) is 6.15. The number of benzene rings is 2. The number of nitrogens with one attached hydrogen (secondary N) is 2. The number of para-hydroxylation sites is 1. The van der Waals surface area contributed by atoms with E-state index in [4.69, 9.17) is 9.47 Å². The molecule has 170 valence electrons. The fraction of sp³-hybridized carbons (Fsp3) is 0.167. The monoisotopic (exact) mass is 466 g/mol. The molecule has 0 aliphatic heterocycles. The molecule has 0 radical (unpaired) electrons. The summed E-state index contributed by atoms with van der Waals surface area (Å²) in [5, 5.41) is 5.60. The zero-order chi connectivity index (χ0) is 24.1. The summed E-state index contributed by atoms with van der Waals surface area (Å²) in [5.41, 5.74) is 2.09. The van der Waals surface area contributed by atoms with Crippen LogP contribution in [0.4, 0.5) is 10.7 Å². The van der Waals surface area contributed by atoms with Crippen LogP contribution in [0.1, 0.15) is 51.9 Å². The molecule has 0 saturated heterocycles. The van der Waals surface area contributed by atoms with Crippen molar-refractivity contribution in [2.45, 2.75) is 13.8 Å². The van der Waals surface area contributed by atoms with Crippen LogP contribution in [0.3, 0.4) is 0 Å². The molecule has 0 fully saturated rings. The highest BCUT2D eigenvalue weighted by Gasteiger charge is 2.27. The maximum Gasteiger partial charge on any atom is 0.341 e. The Hall–Kier alpha value is -3.98. The van der Waals surface area contributed by atoms with Crippen molar-refractivity contribution in [2.24, 2.45) is 0 Å². The lowest BCUT2D eigenvalue weighted by atomic mass is 10.1. The Morgan fingerprint density at radius 2 is 1.36 bits per heavy atom. The summed E-state index contributed by atoms with van der Waals surface area (Å²) in [4.78, 5) is 50.5. The topological polar surface area (TPSA) is 111 Å². The average molecular weight is 467 g/mol. The summed E-state index contributed by atoms with van der Waals surface area (Å²) in [6.07, 6.45) is 0. The van der Waals surface area contributed by atoms with Gasteiger partial charge in [0.15, 0.2) is 0 Å². The van der Waals surface area contributed by atoms with Crippen molar-refractivity contribution in [3.63, 3.8) is 0 Å². The predicted molar refractivity (Wildman–Crippen MR) is 125 cm³/mol. The van der Waals surface area contributed by atoms with Gasteiger partial charge in [-0.15, -0.1) is 11.3 Å². The van der Waals surface area contributed by atoms with E-state index in [2.05, 4.69) is 10.6 Å². The quantitative estimate of drug-likeness (QED) is 0.520. The second-order valence-electron chi connectivity index (χ2n) is 7.01. The minimum atomic E-state index is -0.683. The molecule has 8 nitrogen and oxygen atoms in total. The molecule has 3 aromatic rings. The standard InChI is InChI=1S/C24H22N2O6S/c1-13-9-5-6-10-15(13)20(27)26-22-18(24(30)32-4)14(2)19(33-22)21(28)25-17-12-8-7-11-16(17)23(29)31-3/h5-12H,1-4H3,(H,25,28)(H,26,27). The number of thiophene rings is 1. The molecule has 0 spiro atoms. The number of aryl methyl sites for hydroxylation is 1. The first kappa shape index (κ1) is 23.7. The molecular weight excluding hydrogens is 444 g/mol. The van der Waals surface area contributed by atoms with E-state index in [0.717, 1.165) is 16.9 Å². The first-order chi connectivity index (χ1) is 15.8. The van der Waals surface area contributed by atoms with Gasteiger partial charge in [0.05, 0.1) is 35.9 Å². The summed E-state index contributed by atoms with van der Waals surface area (Å²) >= 11 is 0.945. The van der Waals surface area contributed by atoms with Crippen LogP contribution in [0.15, 0.2) is 48.5 Å². The highest BCUT2D eigenvalue weighted by molar-refractivity contribution is 7.19. The number of carbonyl (C=O) groups is 4. The van der Waals surface area contributed by atoms with E-state index in [0.29, 0.717) is 11.1 Å². The minimum absolute atomic E-state index is 0.0934. The first-order valence-electron chi connectivity index (χ1n) is 9.85. The van der Waals surface area contributed by atoms with Gasteiger partial charge in [-0.25, -0.2) is 9.59 Å². The van der Waals surface area contributed by atoms with Crippen LogP contribution in [0.2, 0.25) is 0 Å². The first-order valence-corrected chi connectivity index (χ1v) is 10.7. The summed E-state index contributed by atoms with van der Waals surface area (Å²) in [5.74, 6) is -2.24. The number of rotatable bonds is 6. The third-order valence-electron chi connectivity index (χ3n) is 4.94. The van der Waals surface area contributed by atoms with Gasteiger partial charge in [-0.3, -0.25) is 9.59 Å². The van der Waals surface area contributed by atoms with E-state index in [1.807, 2.05) is 6.07 Å². The van der Waals surface area contributed by atoms with Gasteiger partial charge in [-0.2, -0.15) is 0 Å². The van der Waals surface area contributed by atoms with Gasteiger partial charge < -0.3 is 20.1 Å². The summed E-state index contributed by atoms with van der Waals surface area (Å²) < 4.78 is 9.63. The number of amides is 2. The SMILES string of the molecule is COC(=O)c1ccccc1NC(=O)c1sc(NC(=O)c2ccccc2C)c(C(=O)OC)c1C. The molecule has 0 unspecified atom stereocenters. The second kappa shape index (κ2) is 10.1. The molecule has 2 aromatic carbocycles. The van der Waals surface area contributed by atoms with Crippen molar-refractivity contribution in [3.8, 4) is 0 Å². The Morgan fingerprint density at radius 3 is 2.00 bits per heavy atom. The maximum atomic E-state index is 13.1. The third kappa shape index (κ3) is 4.93. The normalized spacial score (nSPS) is 10.3. The predicted octanol–water partition coefficient (Wildman–Crippen LogP) is 4.44. The minimum Gasteiger partial charge on any atom is -0.465 e. The highest BCUT2D eigenvalue weighted by Crippen LogP contribution is 2.35. The number of methoxy groups -OCH3 is 2. The molecule has 0 aliphatic carbocycles. The molecule has 0 saturated carbocycles. The fourth-order valence-electron chi connectivity index (χ4n) is 3.22. The van der Waals surface area contributed by atoms with Gasteiger partial charge in [0.2, 0.25) is 0 Å². The Morgan fingerprint density at radius 1 is 0.758 bits per heavy atom. The zero-order valence-electron chi connectivity index (χ0n) is 18.5. The van der Waals surface area contributed by atoms with E-state index in [-0.39, 0.29) is 26.7 Å². The van der Waals surface area contributed by atoms with Gasteiger partial charge >= 0.3 is 11.9 Å². The molecular formula is C24H22N2O6S. The number of esters is 2. The molecule has 0 atom stereocenters. The molecule has 9 heteroatoms. The van der Waals surface area contributed by atoms with Gasteiger partial charge in [-0.1, -0.05) is 30.3 Å². The molecule has 0 bridgehead atoms. The van der Waals surface area contributed by atoms with Crippen molar-refractivity contribution in [3.05, 3.63) is 81.2 Å². The Kier molecular flexibility index (Phi) is 7.24. The average Bonchev–Trinajstić information content (AvgIpc) is 3.14. The van der Waals surface area contributed by atoms with Gasteiger partial charge in [-0.05, 0) is 43.2 Å². The lowest BCUT2D eigenvalue weighted by molar-refractivity contribution is 0.0592. The molecule has 2 amide bonds. The Balaban J connectivity index is 1.97. The van der Waals surface area contributed by atoms with E-state index >= 15 is 0 Å². The Bertz CT molecular complexity index is 1250. The molecule has 1 heterocycles. The molecule has 1 aromatic heterocycles. The number of carbonyl (C=O) groups excluding carboxylic acids is 4. The maximum absolute atomic E-state index is 13.1. The molecule has 3 rings (SSSR count). The Labute approximate surface area is 194 Å². The van der Waals surface area contributed by atoms with Crippen LogP contribution in [0.25, 0.3) is 0 Å². The van der Waals surface area contributed by atoms with Crippen molar-refractivity contribution in [1.82, 2.24) is 0 Å². The summed E-state index contributed by atoms with van der Waals surface area (Å²) in [7, 11) is 2.47. The van der Waals surface area contributed by atoms with Crippen molar-refractivity contribution in [2.75, 3.05) is 24.9 Å². The number of anilines is 2. The number of hydrogen-bond acceptors (Lipinski definition) is 7. The lowest BCUT2D eigenvalue weighted by Crippen LogP contribution is -2.16. The van der Waals surface area contributed by atoms with Crippen molar-refractivity contribution >= 4 is 45.8 Å². The number of hydrogen-bond donors (Lipinski definition) is 2.